The molecule has 1 heterocycles. The molecule has 0 aliphatic carbocycles. The molecule has 0 aromatic carbocycles. The van der Waals surface area contributed by atoms with Crippen molar-refractivity contribution in [3.8, 4) is 0 Å². The maximum Gasteiger partial charge on any atom is 0.185 e. The van der Waals surface area contributed by atoms with Gasteiger partial charge in [-0.05, 0) is 6.92 Å². The summed E-state index contributed by atoms with van der Waals surface area (Å²) in [4.78, 5) is 10.3. The average Bonchev–Trinajstić information content (AvgIpc) is 2.18. The number of nitrogens with zero attached hydrogens (tertiary/aromatic N) is 3. The van der Waals surface area contributed by atoms with Gasteiger partial charge in [-0.2, -0.15) is 0 Å². The molecule has 0 unspecified atom stereocenters. The number of likely N-dealkylation sites (N-methyl/N-ethyl adjacent to an activating group) is 1. The van der Waals surface area contributed by atoms with E-state index in [2.05, 4.69) is 15.3 Å². The molecule has 0 saturated carbocycles. The number of hydrogen-bond acceptors (Lipinski definition) is 4. The Kier molecular flexibility index (Phi) is 3.84. The van der Waals surface area contributed by atoms with Gasteiger partial charge in [-0.1, -0.05) is 0 Å². The van der Waals surface area contributed by atoms with E-state index in [1.807, 2.05) is 18.9 Å². The summed E-state index contributed by atoms with van der Waals surface area (Å²) in [7, 11) is 1.92. The maximum atomic E-state index is 6.99. The van der Waals surface area contributed by atoms with Crippen molar-refractivity contribution in [2.24, 2.45) is 5.73 Å². The molecule has 1 aromatic heterocycles. The van der Waals surface area contributed by atoms with Crippen LogP contribution in [0.2, 0.25) is 0 Å². The van der Waals surface area contributed by atoms with Crippen LogP contribution in [0.4, 0.5) is 5.82 Å². The Balaban J connectivity index is 2.43. The quantitative estimate of drug-likeness (QED) is 0.467. The van der Waals surface area contributed by atoms with Gasteiger partial charge in [0.05, 0.1) is 18.1 Å². The first-order valence-corrected chi connectivity index (χ1v) is 4.67. The lowest BCUT2D eigenvalue weighted by atomic mass is 10.4. The third-order valence-corrected chi connectivity index (χ3v) is 1.92. The molecule has 0 fully saturated rings. The number of nitrogens with two attached hydrogens (primary N) is 1. The summed E-state index contributed by atoms with van der Waals surface area (Å²) in [5.74, 6) is 0.796. The van der Waals surface area contributed by atoms with Gasteiger partial charge < -0.3 is 16.0 Å². The molecule has 0 spiro atoms. The first-order chi connectivity index (χ1) is 7.09. The molecule has 6 heteroatoms. The van der Waals surface area contributed by atoms with Gasteiger partial charge in [-0.3, -0.25) is 10.4 Å². The molecule has 82 valence electrons. The van der Waals surface area contributed by atoms with E-state index in [0.29, 0.717) is 6.54 Å². The molecule has 0 radical (unpaired) electrons. The fraction of sp³-hybridized carbons (Fsp3) is 0.444. The van der Waals surface area contributed by atoms with Crippen LogP contribution in [0, 0.1) is 12.3 Å². The number of hydrogen-bond donors (Lipinski definition) is 3. The van der Waals surface area contributed by atoms with Crippen molar-refractivity contribution >= 4 is 11.8 Å². The molecule has 6 nitrogen and oxygen atoms in total. The molecule has 0 aliphatic rings. The predicted octanol–water partition coefficient (Wildman–Crippen LogP) is -0.296. The zero-order valence-corrected chi connectivity index (χ0v) is 8.99. The van der Waals surface area contributed by atoms with E-state index in [4.69, 9.17) is 11.1 Å². The normalized spacial score (nSPS) is 9.73. The Morgan fingerprint density at radius 3 is 2.80 bits per heavy atom. The van der Waals surface area contributed by atoms with Crippen LogP contribution in [0.15, 0.2) is 12.4 Å². The van der Waals surface area contributed by atoms with Gasteiger partial charge in [0.2, 0.25) is 0 Å². The molecule has 1 aromatic rings. The Morgan fingerprint density at radius 2 is 2.27 bits per heavy atom. The molecule has 15 heavy (non-hydrogen) atoms. The summed E-state index contributed by atoms with van der Waals surface area (Å²) in [5.41, 5.74) is 6.06. The third kappa shape index (κ3) is 3.80. The van der Waals surface area contributed by atoms with Gasteiger partial charge >= 0.3 is 0 Å². The van der Waals surface area contributed by atoms with Crippen LogP contribution in [-0.4, -0.2) is 36.1 Å². The summed E-state index contributed by atoms with van der Waals surface area (Å²) >= 11 is 0. The number of rotatable bonds is 4. The molecular formula is C9H16N6. The van der Waals surface area contributed by atoms with Crippen LogP contribution in [0.3, 0.4) is 0 Å². The second-order valence-corrected chi connectivity index (χ2v) is 3.28. The molecule has 4 N–H and O–H groups in total. The van der Waals surface area contributed by atoms with E-state index in [1.54, 1.807) is 12.4 Å². The zero-order valence-electron chi connectivity index (χ0n) is 8.99. The Labute approximate surface area is 89.0 Å². The fourth-order valence-corrected chi connectivity index (χ4v) is 1.06. The fourth-order valence-electron chi connectivity index (χ4n) is 1.06. The topological polar surface area (TPSA) is 90.9 Å². The van der Waals surface area contributed by atoms with Crippen molar-refractivity contribution in [1.29, 1.82) is 5.41 Å². The lowest BCUT2D eigenvalue weighted by Crippen LogP contribution is -2.36. The van der Waals surface area contributed by atoms with E-state index < -0.39 is 0 Å². The Morgan fingerprint density at radius 1 is 1.53 bits per heavy atom. The van der Waals surface area contributed by atoms with Crippen LogP contribution in [-0.2, 0) is 0 Å². The van der Waals surface area contributed by atoms with Crippen molar-refractivity contribution in [3.05, 3.63) is 18.1 Å². The highest BCUT2D eigenvalue weighted by molar-refractivity contribution is 5.74. The van der Waals surface area contributed by atoms with E-state index >= 15 is 0 Å². The van der Waals surface area contributed by atoms with Crippen molar-refractivity contribution in [2.45, 2.75) is 6.92 Å². The smallest absolute Gasteiger partial charge is 0.185 e. The lowest BCUT2D eigenvalue weighted by molar-refractivity contribution is 0.802. The zero-order chi connectivity index (χ0) is 11.3. The summed E-state index contributed by atoms with van der Waals surface area (Å²) < 4.78 is 0. The number of aromatic nitrogens is 2. The molecule has 0 atom stereocenters. The minimum Gasteiger partial charge on any atom is -0.370 e. The molecular weight excluding hydrogens is 192 g/mol. The molecule has 0 bridgehead atoms. The van der Waals surface area contributed by atoms with Crippen LogP contribution in [0.25, 0.3) is 0 Å². The van der Waals surface area contributed by atoms with Gasteiger partial charge in [0.15, 0.2) is 5.96 Å². The first-order valence-electron chi connectivity index (χ1n) is 4.67. The van der Waals surface area contributed by atoms with Gasteiger partial charge in [0.25, 0.3) is 0 Å². The van der Waals surface area contributed by atoms with E-state index in [9.17, 15) is 0 Å². The molecule has 0 saturated heterocycles. The van der Waals surface area contributed by atoms with Gasteiger partial charge in [0.1, 0.15) is 5.82 Å². The summed E-state index contributed by atoms with van der Waals surface area (Å²) in [5, 5.41) is 9.72. The number of anilines is 1. The van der Waals surface area contributed by atoms with E-state index in [1.165, 1.54) is 0 Å². The van der Waals surface area contributed by atoms with Gasteiger partial charge in [0, 0.05) is 20.1 Å². The monoisotopic (exact) mass is 208 g/mol. The van der Waals surface area contributed by atoms with Crippen LogP contribution >= 0.6 is 0 Å². The Hall–Kier alpha value is -1.85. The summed E-state index contributed by atoms with van der Waals surface area (Å²) in [6.45, 7) is 3.23. The second kappa shape index (κ2) is 5.14. The highest BCUT2D eigenvalue weighted by atomic mass is 15.2. The number of aryl methyl sites for hydroxylation is 1. The average molecular weight is 208 g/mol. The molecule has 1 rings (SSSR count). The lowest BCUT2D eigenvalue weighted by Gasteiger charge is -2.17. The van der Waals surface area contributed by atoms with Crippen molar-refractivity contribution in [3.63, 3.8) is 0 Å². The number of nitrogens with one attached hydrogen (secondary N) is 2. The van der Waals surface area contributed by atoms with Crippen LogP contribution in [0.1, 0.15) is 5.69 Å². The minimum absolute atomic E-state index is 0.0154. The van der Waals surface area contributed by atoms with Gasteiger partial charge in [-0.25, -0.2) is 4.98 Å². The minimum atomic E-state index is -0.0154. The van der Waals surface area contributed by atoms with E-state index in [0.717, 1.165) is 18.1 Å². The van der Waals surface area contributed by atoms with Crippen molar-refractivity contribution in [2.75, 3.05) is 25.0 Å². The summed E-state index contributed by atoms with van der Waals surface area (Å²) in [6.07, 6.45) is 3.45. The number of guanidine groups is 1. The van der Waals surface area contributed by atoms with Crippen molar-refractivity contribution < 1.29 is 0 Å². The van der Waals surface area contributed by atoms with Crippen LogP contribution < -0.4 is 16.0 Å². The predicted molar refractivity (Wildman–Crippen MR) is 60.0 cm³/mol. The van der Waals surface area contributed by atoms with Gasteiger partial charge in [-0.15, -0.1) is 0 Å². The maximum absolute atomic E-state index is 6.99. The largest absolute Gasteiger partial charge is 0.370 e. The third-order valence-electron chi connectivity index (χ3n) is 1.92. The molecule has 0 amide bonds. The first kappa shape index (κ1) is 11.2. The highest BCUT2D eigenvalue weighted by Crippen LogP contribution is 2.04. The Bertz CT molecular complexity index is 320. The van der Waals surface area contributed by atoms with Crippen molar-refractivity contribution in [1.82, 2.24) is 15.3 Å². The molecule has 0 aliphatic heterocycles. The summed E-state index contributed by atoms with van der Waals surface area (Å²) in [6, 6.07) is 0. The second-order valence-electron chi connectivity index (χ2n) is 3.28. The standard InChI is InChI=1S/C9H16N6/c1-7-5-14-8(6-13-7)15(2)4-3-12-9(10)11/h5-6H,3-4H2,1-2H3,(H4,10,11,12). The van der Waals surface area contributed by atoms with E-state index in [-0.39, 0.29) is 5.96 Å². The SMILES string of the molecule is Cc1cnc(N(C)CCNC(=N)N)cn1. The highest BCUT2D eigenvalue weighted by Gasteiger charge is 2.01. The van der Waals surface area contributed by atoms with Crippen LogP contribution in [0.5, 0.6) is 0 Å².